The number of anilines is 1. The summed E-state index contributed by atoms with van der Waals surface area (Å²) in [6, 6.07) is 8.07. The van der Waals surface area contributed by atoms with Crippen molar-refractivity contribution in [2.45, 2.75) is 37.8 Å². The number of nitrogens with zero attached hydrogens (tertiary/aromatic N) is 3. The smallest absolute Gasteiger partial charge is 0.251 e. The van der Waals surface area contributed by atoms with E-state index in [4.69, 9.17) is 0 Å². The second kappa shape index (κ2) is 7.83. The van der Waals surface area contributed by atoms with E-state index in [1.54, 1.807) is 11.8 Å². The maximum Gasteiger partial charge on any atom is 0.251 e. The Morgan fingerprint density at radius 2 is 2.04 bits per heavy atom. The molecule has 2 aromatic heterocycles. The molecule has 146 valence electrons. The van der Waals surface area contributed by atoms with Crippen molar-refractivity contribution in [3.8, 4) is 11.3 Å². The lowest BCUT2D eigenvalue weighted by Crippen LogP contribution is -2.25. The molecule has 1 aromatic carbocycles. The van der Waals surface area contributed by atoms with Gasteiger partial charge in [0.1, 0.15) is 5.03 Å². The zero-order chi connectivity index (χ0) is 19.7. The van der Waals surface area contributed by atoms with E-state index in [-0.39, 0.29) is 5.91 Å². The van der Waals surface area contributed by atoms with Gasteiger partial charge in [-0.2, -0.15) is 0 Å². The number of thioether (sulfide) groups is 1. The number of hydrogen-bond donors (Lipinski definition) is 2. The van der Waals surface area contributed by atoms with Crippen LogP contribution in [0, 0.1) is 5.92 Å². The second-order valence-electron chi connectivity index (χ2n) is 7.57. The van der Waals surface area contributed by atoms with Crippen molar-refractivity contribution < 1.29 is 4.79 Å². The van der Waals surface area contributed by atoms with E-state index >= 15 is 0 Å². The summed E-state index contributed by atoms with van der Waals surface area (Å²) in [5.74, 6) is 1.32. The van der Waals surface area contributed by atoms with Crippen LogP contribution in [0.15, 0.2) is 41.7 Å². The quantitative estimate of drug-likeness (QED) is 0.590. The van der Waals surface area contributed by atoms with Crippen LogP contribution in [0.1, 0.15) is 37.0 Å². The first kappa shape index (κ1) is 18.8. The summed E-state index contributed by atoms with van der Waals surface area (Å²) in [6.07, 6.45) is 8.07. The van der Waals surface area contributed by atoms with Gasteiger partial charge in [-0.05, 0) is 37.1 Å². The number of carbonyl (C=O) groups is 1. The van der Waals surface area contributed by atoms with Gasteiger partial charge in [-0.1, -0.05) is 26.0 Å². The van der Waals surface area contributed by atoms with Crippen LogP contribution in [0.2, 0.25) is 0 Å². The molecule has 0 atom stereocenters. The Hall–Kier alpha value is -2.54. The summed E-state index contributed by atoms with van der Waals surface area (Å²) in [7, 11) is 0. The van der Waals surface area contributed by atoms with Gasteiger partial charge < -0.3 is 10.6 Å². The van der Waals surface area contributed by atoms with Gasteiger partial charge in [-0.25, -0.2) is 9.97 Å². The molecule has 0 aliphatic heterocycles. The Kier molecular flexibility index (Phi) is 5.26. The van der Waals surface area contributed by atoms with Crippen molar-refractivity contribution in [3.63, 3.8) is 0 Å². The lowest BCUT2D eigenvalue weighted by molar-refractivity contribution is 0.0951. The number of fused-ring (bicyclic) bond motifs is 1. The SMILES string of the molecule is CSc1cn2c(-c3ccc(C(=O)NC4CC4)cc3)cnc2c(NCC(C)C)n1. The van der Waals surface area contributed by atoms with Gasteiger partial charge >= 0.3 is 0 Å². The summed E-state index contributed by atoms with van der Waals surface area (Å²) < 4.78 is 2.07. The first-order chi connectivity index (χ1) is 13.5. The second-order valence-corrected chi connectivity index (χ2v) is 8.40. The summed E-state index contributed by atoms with van der Waals surface area (Å²) in [5.41, 5.74) is 3.50. The molecule has 1 aliphatic carbocycles. The van der Waals surface area contributed by atoms with Gasteiger partial charge in [0.2, 0.25) is 0 Å². The third kappa shape index (κ3) is 3.99. The molecule has 2 N–H and O–H groups in total. The monoisotopic (exact) mass is 395 g/mol. The molecule has 28 heavy (non-hydrogen) atoms. The molecule has 0 saturated heterocycles. The molecular weight excluding hydrogens is 370 g/mol. The molecule has 1 saturated carbocycles. The van der Waals surface area contributed by atoms with Crippen molar-refractivity contribution in [1.29, 1.82) is 0 Å². The first-order valence-electron chi connectivity index (χ1n) is 9.62. The number of amides is 1. The van der Waals surface area contributed by atoms with Crippen molar-refractivity contribution in [1.82, 2.24) is 19.7 Å². The summed E-state index contributed by atoms with van der Waals surface area (Å²) in [4.78, 5) is 21.5. The zero-order valence-electron chi connectivity index (χ0n) is 16.4. The number of nitrogens with one attached hydrogen (secondary N) is 2. The molecule has 0 unspecified atom stereocenters. The van der Waals surface area contributed by atoms with Gasteiger partial charge in [-0.3, -0.25) is 9.20 Å². The zero-order valence-corrected chi connectivity index (χ0v) is 17.2. The van der Waals surface area contributed by atoms with E-state index in [9.17, 15) is 4.79 Å². The predicted molar refractivity (Wildman–Crippen MR) is 114 cm³/mol. The molecule has 4 rings (SSSR count). The van der Waals surface area contributed by atoms with E-state index in [1.807, 2.05) is 42.9 Å². The Bertz CT molecular complexity index is 992. The number of benzene rings is 1. The third-order valence-electron chi connectivity index (χ3n) is 4.71. The predicted octanol–water partition coefficient (Wildman–Crippen LogP) is 4.08. The van der Waals surface area contributed by atoms with E-state index in [2.05, 4.69) is 38.8 Å². The molecule has 1 fully saturated rings. The van der Waals surface area contributed by atoms with Crippen molar-refractivity contribution in [2.24, 2.45) is 5.92 Å². The molecule has 0 bridgehead atoms. The molecule has 2 heterocycles. The summed E-state index contributed by atoms with van der Waals surface area (Å²) in [6.45, 7) is 5.18. The number of rotatable bonds is 7. The molecule has 3 aromatic rings. The van der Waals surface area contributed by atoms with Gasteiger partial charge in [-0.15, -0.1) is 11.8 Å². The lowest BCUT2D eigenvalue weighted by Gasteiger charge is -2.11. The Morgan fingerprint density at radius 3 is 2.68 bits per heavy atom. The molecule has 0 radical (unpaired) electrons. The van der Waals surface area contributed by atoms with Gasteiger partial charge in [0.15, 0.2) is 11.5 Å². The normalized spacial score (nSPS) is 13.9. The van der Waals surface area contributed by atoms with Crippen molar-refractivity contribution in [3.05, 3.63) is 42.2 Å². The van der Waals surface area contributed by atoms with Crippen LogP contribution >= 0.6 is 11.8 Å². The Balaban J connectivity index is 1.66. The van der Waals surface area contributed by atoms with E-state index in [0.29, 0.717) is 17.5 Å². The number of aromatic nitrogens is 3. The molecule has 0 spiro atoms. The topological polar surface area (TPSA) is 71.3 Å². The van der Waals surface area contributed by atoms with E-state index in [0.717, 1.165) is 47.1 Å². The standard InChI is InChI=1S/C21H25N5OS/c1-13(2)10-22-19-20-23-11-17(26(20)12-18(25-19)28-3)14-4-6-15(7-5-14)21(27)24-16-8-9-16/h4-7,11-13,16H,8-10H2,1-3H3,(H,22,25)(H,24,27). The van der Waals surface area contributed by atoms with Crippen LogP contribution < -0.4 is 10.6 Å². The highest BCUT2D eigenvalue weighted by atomic mass is 32.2. The average Bonchev–Trinajstić information content (AvgIpc) is 3.41. The van der Waals surface area contributed by atoms with E-state index < -0.39 is 0 Å². The van der Waals surface area contributed by atoms with Crippen LogP contribution in [-0.2, 0) is 0 Å². The fourth-order valence-electron chi connectivity index (χ4n) is 2.99. The maximum absolute atomic E-state index is 12.2. The highest BCUT2D eigenvalue weighted by Gasteiger charge is 2.23. The van der Waals surface area contributed by atoms with Crippen LogP contribution in [0.25, 0.3) is 16.9 Å². The Morgan fingerprint density at radius 1 is 1.29 bits per heavy atom. The molecule has 1 amide bonds. The Labute approximate surface area is 169 Å². The van der Waals surface area contributed by atoms with E-state index in [1.165, 1.54) is 0 Å². The fourth-order valence-corrected chi connectivity index (χ4v) is 3.38. The highest BCUT2D eigenvalue weighted by molar-refractivity contribution is 7.98. The minimum atomic E-state index is 0.00114. The molecular formula is C21H25N5OS. The fraction of sp³-hybridized carbons (Fsp3) is 0.381. The van der Waals surface area contributed by atoms with Crippen LogP contribution in [0.3, 0.4) is 0 Å². The van der Waals surface area contributed by atoms with Crippen LogP contribution in [0.4, 0.5) is 5.82 Å². The summed E-state index contributed by atoms with van der Waals surface area (Å²) >= 11 is 1.60. The highest BCUT2D eigenvalue weighted by Crippen LogP contribution is 2.27. The van der Waals surface area contributed by atoms with Crippen LogP contribution in [0.5, 0.6) is 0 Å². The molecule has 7 heteroatoms. The average molecular weight is 396 g/mol. The van der Waals surface area contributed by atoms with Crippen molar-refractivity contribution >= 4 is 29.1 Å². The molecule has 1 aliphatic rings. The lowest BCUT2D eigenvalue weighted by atomic mass is 10.1. The third-order valence-corrected chi connectivity index (χ3v) is 5.33. The first-order valence-corrected chi connectivity index (χ1v) is 10.8. The van der Waals surface area contributed by atoms with Crippen molar-refractivity contribution in [2.75, 3.05) is 18.1 Å². The number of carbonyl (C=O) groups excluding carboxylic acids is 1. The van der Waals surface area contributed by atoms with Gasteiger partial charge in [0, 0.05) is 29.9 Å². The van der Waals surface area contributed by atoms with Gasteiger partial charge in [0.05, 0.1) is 11.9 Å². The largest absolute Gasteiger partial charge is 0.367 e. The van der Waals surface area contributed by atoms with Crippen LogP contribution in [-0.4, -0.2) is 39.1 Å². The van der Waals surface area contributed by atoms with Gasteiger partial charge in [0.25, 0.3) is 5.91 Å². The maximum atomic E-state index is 12.2. The minimum absolute atomic E-state index is 0.00114. The number of imidazole rings is 1. The molecule has 6 nitrogen and oxygen atoms in total. The summed E-state index contributed by atoms with van der Waals surface area (Å²) in [5, 5.41) is 7.37. The minimum Gasteiger partial charge on any atom is -0.367 e. The number of hydrogen-bond acceptors (Lipinski definition) is 5.